The van der Waals surface area contributed by atoms with Gasteiger partial charge in [-0.2, -0.15) is 0 Å². The number of rotatable bonds is 3. The minimum absolute atomic E-state index is 0.0264. The van der Waals surface area contributed by atoms with Crippen molar-refractivity contribution in [3.8, 4) is 11.6 Å². The maximum absolute atomic E-state index is 12.6. The third-order valence-electron chi connectivity index (χ3n) is 4.31. The molecule has 128 valence electrons. The van der Waals surface area contributed by atoms with Crippen molar-refractivity contribution in [3.05, 3.63) is 78.6 Å². The summed E-state index contributed by atoms with van der Waals surface area (Å²) < 4.78 is 3.46. The molecule has 0 unspecified atom stereocenters. The Labute approximate surface area is 149 Å². The highest BCUT2D eigenvalue weighted by atomic mass is 16.3. The molecule has 6 nitrogen and oxygen atoms in total. The molecule has 0 saturated heterocycles. The fourth-order valence-corrected chi connectivity index (χ4v) is 2.98. The van der Waals surface area contributed by atoms with Crippen molar-refractivity contribution in [2.75, 3.05) is 0 Å². The first kappa shape index (κ1) is 15.8. The molecule has 0 saturated carbocycles. The molecule has 2 heterocycles. The van der Waals surface area contributed by atoms with Crippen LogP contribution in [0.4, 0.5) is 5.69 Å². The molecule has 0 aliphatic carbocycles. The fraction of sp³-hybridized carbons (Fsp3) is 0.0500. The standard InChI is InChI=1S/C20H16N4O2/c1-23-16-10-4-2-8-14(16)18(20(23)26)21-22-19(25)15-9-3-5-11-17(15)24-12-6-7-13-24/h2-13,26H,1H3. The van der Waals surface area contributed by atoms with Gasteiger partial charge >= 0.3 is 0 Å². The van der Waals surface area contributed by atoms with Gasteiger partial charge in [0.2, 0.25) is 5.88 Å². The Morgan fingerprint density at radius 1 is 0.962 bits per heavy atom. The van der Waals surface area contributed by atoms with Crippen LogP contribution >= 0.6 is 0 Å². The van der Waals surface area contributed by atoms with Crippen LogP contribution in [0.5, 0.6) is 5.88 Å². The summed E-state index contributed by atoms with van der Waals surface area (Å²) in [4.78, 5) is 12.6. The summed E-state index contributed by atoms with van der Waals surface area (Å²) in [7, 11) is 1.74. The van der Waals surface area contributed by atoms with Gasteiger partial charge in [-0.25, -0.2) is 0 Å². The van der Waals surface area contributed by atoms with Crippen molar-refractivity contribution in [2.24, 2.45) is 17.3 Å². The second kappa shape index (κ2) is 6.33. The number of carbonyl (C=O) groups excluding carboxylic acids is 1. The lowest BCUT2D eigenvalue weighted by molar-refractivity contribution is 0.0995. The molecule has 0 spiro atoms. The average Bonchev–Trinajstić information content (AvgIpc) is 3.29. The summed E-state index contributed by atoms with van der Waals surface area (Å²) in [5.74, 6) is -0.497. The van der Waals surface area contributed by atoms with Crippen LogP contribution in [0.1, 0.15) is 10.4 Å². The van der Waals surface area contributed by atoms with Crippen molar-refractivity contribution >= 4 is 22.5 Å². The molecule has 0 bridgehead atoms. The quantitative estimate of drug-likeness (QED) is 0.552. The molecule has 2 aromatic heterocycles. The smallest absolute Gasteiger partial charge is 0.297 e. The maximum atomic E-state index is 12.6. The number of para-hydroxylation sites is 2. The van der Waals surface area contributed by atoms with E-state index in [1.54, 1.807) is 23.7 Å². The Morgan fingerprint density at radius 3 is 2.46 bits per heavy atom. The second-order valence-electron chi connectivity index (χ2n) is 5.86. The molecule has 4 rings (SSSR count). The van der Waals surface area contributed by atoms with Gasteiger partial charge in [-0.1, -0.05) is 30.3 Å². The SMILES string of the molecule is Cn1c(O)c(N=NC(=O)c2ccccc2-n2cccc2)c2ccccc21. The number of aromatic nitrogens is 2. The maximum Gasteiger partial charge on any atom is 0.297 e. The minimum Gasteiger partial charge on any atom is -0.493 e. The van der Waals surface area contributed by atoms with Gasteiger partial charge in [0, 0.05) is 24.8 Å². The Morgan fingerprint density at radius 2 is 1.65 bits per heavy atom. The normalized spacial score (nSPS) is 11.4. The highest BCUT2D eigenvalue weighted by Gasteiger charge is 2.15. The zero-order chi connectivity index (χ0) is 18.1. The topological polar surface area (TPSA) is 71.9 Å². The molecule has 0 aliphatic rings. The summed E-state index contributed by atoms with van der Waals surface area (Å²) in [6.45, 7) is 0. The molecule has 0 atom stereocenters. The zero-order valence-corrected chi connectivity index (χ0v) is 14.1. The molecular weight excluding hydrogens is 328 g/mol. The third kappa shape index (κ3) is 2.57. The van der Waals surface area contributed by atoms with Crippen molar-refractivity contribution in [1.82, 2.24) is 9.13 Å². The summed E-state index contributed by atoms with van der Waals surface area (Å²) in [5, 5.41) is 18.9. The molecule has 4 aromatic rings. The lowest BCUT2D eigenvalue weighted by Gasteiger charge is -2.06. The second-order valence-corrected chi connectivity index (χ2v) is 5.86. The van der Waals surface area contributed by atoms with Gasteiger partial charge in [-0.3, -0.25) is 4.79 Å². The number of azo groups is 1. The van der Waals surface area contributed by atoms with E-state index in [4.69, 9.17) is 0 Å². The van der Waals surface area contributed by atoms with Crippen LogP contribution in [0, 0.1) is 0 Å². The molecule has 0 aliphatic heterocycles. The molecule has 2 aromatic carbocycles. The molecule has 0 fully saturated rings. The van der Waals surface area contributed by atoms with E-state index in [9.17, 15) is 9.90 Å². The monoisotopic (exact) mass is 344 g/mol. The number of nitrogens with zero attached hydrogens (tertiary/aromatic N) is 4. The number of benzene rings is 2. The van der Waals surface area contributed by atoms with Crippen LogP contribution in [0.15, 0.2) is 83.3 Å². The van der Waals surface area contributed by atoms with Crippen LogP contribution in [-0.2, 0) is 7.05 Å². The number of carbonyl (C=O) groups is 1. The Hall–Kier alpha value is -3.67. The number of hydrogen-bond acceptors (Lipinski definition) is 3. The van der Waals surface area contributed by atoms with Gasteiger partial charge in [0.1, 0.15) is 0 Å². The lowest BCUT2D eigenvalue weighted by Crippen LogP contribution is -2.02. The van der Waals surface area contributed by atoms with E-state index in [1.165, 1.54) is 0 Å². The van der Waals surface area contributed by atoms with Crippen LogP contribution in [0.2, 0.25) is 0 Å². The Bertz CT molecular complexity index is 1120. The first-order chi connectivity index (χ1) is 12.7. The van der Waals surface area contributed by atoms with E-state index in [0.29, 0.717) is 5.56 Å². The van der Waals surface area contributed by atoms with Crippen molar-refractivity contribution < 1.29 is 9.90 Å². The highest BCUT2D eigenvalue weighted by molar-refractivity contribution is 5.99. The fourth-order valence-electron chi connectivity index (χ4n) is 2.98. The van der Waals surface area contributed by atoms with Gasteiger partial charge in [0.05, 0.1) is 16.8 Å². The minimum atomic E-state index is -0.471. The van der Waals surface area contributed by atoms with E-state index >= 15 is 0 Å². The van der Waals surface area contributed by atoms with Crippen molar-refractivity contribution in [2.45, 2.75) is 0 Å². The Balaban J connectivity index is 1.74. The largest absolute Gasteiger partial charge is 0.493 e. The lowest BCUT2D eigenvalue weighted by atomic mass is 10.1. The first-order valence-electron chi connectivity index (χ1n) is 8.11. The molecular formula is C20H16N4O2. The van der Waals surface area contributed by atoms with Crippen molar-refractivity contribution in [3.63, 3.8) is 0 Å². The summed E-state index contributed by atoms with van der Waals surface area (Å²) in [6.07, 6.45) is 3.72. The zero-order valence-electron chi connectivity index (χ0n) is 14.1. The number of fused-ring (bicyclic) bond motifs is 1. The van der Waals surface area contributed by atoms with Crippen molar-refractivity contribution in [1.29, 1.82) is 0 Å². The number of hydrogen-bond donors (Lipinski definition) is 1. The van der Waals surface area contributed by atoms with Gasteiger partial charge in [-0.15, -0.1) is 10.2 Å². The summed E-state index contributed by atoms with van der Waals surface area (Å²) >= 11 is 0. The predicted octanol–water partition coefficient (Wildman–Crippen LogP) is 4.60. The molecule has 6 heteroatoms. The van der Waals surface area contributed by atoms with Gasteiger partial charge in [0.25, 0.3) is 5.91 Å². The van der Waals surface area contributed by atoms with Crippen LogP contribution < -0.4 is 0 Å². The van der Waals surface area contributed by atoms with E-state index in [1.807, 2.05) is 65.5 Å². The predicted molar refractivity (Wildman–Crippen MR) is 99.2 cm³/mol. The number of aryl methyl sites for hydroxylation is 1. The molecule has 1 amide bonds. The number of amides is 1. The van der Waals surface area contributed by atoms with E-state index in [2.05, 4.69) is 10.2 Å². The molecule has 0 radical (unpaired) electrons. The van der Waals surface area contributed by atoms with Gasteiger partial charge < -0.3 is 14.2 Å². The highest BCUT2D eigenvalue weighted by Crippen LogP contribution is 2.37. The summed E-state index contributed by atoms with van der Waals surface area (Å²) in [5.41, 5.74) is 2.27. The summed E-state index contributed by atoms with van der Waals surface area (Å²) in [6, 6.07) is 18.4. The van der Waals surface area contributed by atoms with Gasteiger partial charge in [-0.05, 0) is 30.3 Å². The van der Waals surface area contributed by atoms with E-state index in [0.717, 1.165) is 16.6 Å². The molecule has 26 heavy (non-hydrogen) atoms. The van der Waals surface area contributed by atoms with Gasteiger partial charge in [0.15, 0.2) is 5.69 Å². The number of aromatic hydroxyl groups is 1. The van der Waals surface area contributed by atoms with Crippen LogP contribution in [0.3, 0.4) is 0 Å². The van der Waals surface area contributed by atoms with Crippen LogP contribution in [0.25, 0.3) is 16.6 Å². The average molecular weight is 344 g/mol. The third-order valence-corrected chi connectivity index (χ3v) is 4.31. The molecule has 1 N–H and O–H groups in total. The van der Waals surface area contributed by atoms with E-state index < -0.39 is 5.91 Å². The van der Waals surface area contributed by atoms with Crippen LogP contribution in [-0.4, -0.2) is 20.1 Å². The van der Waals surface area contributed by atoms with E-state index in [-0.39, 0.29) is 11.6 Å². The first-order valence-corrected chi connectivity index (χ1v) is 8.11. The Kier molecular flexibility index (Phi) is 3.85.